The molecule has 2 fully saturated rings. The molecule has 4 heterocycles. The smallest absolute Gasteiger partial charge is 0.312 e. The molecule has 16 heteroatoms. The number of carbonyl (C=O) groups excluding carboxylic acids is 3. The Morgan fingerprint density at radius 3 is 2.33 bits per heavy atom. The average Bonchev–Trinajstić information content (AvgIpc) is 3.89. The molecule has 342 valence electrons. The third-order valence-electron chi connectivity index (χ3n) is 13.7. The first-order chi connectivity index (χ1) is 30.0. The van der Waals surface area contributed by atoms with Crippen molar-refractivity contribution >= 4 is 40.3 Å². The first-order valence-electron chi connectivity index (χ1n) is 22.0. The molecule has 4 aliphatic heterocycles. The van der Waals surface area contributed by atoms with Crippen molar-refractivity contribution in [2.24, 2.45) is 28.8 Å². The minimum absolute atomic E-state index is 0.0254. The Morgan fingerprint density at radius 1 is 0.968 bits per heavy atom. The molecule has 6 bridgehead atoms. The number of carbonyl (C=O) groups is 3. The van der Waals surface area contributed by atoms with Gasteiger partial charge in [0.1, 0.15) is 35.1 Å². The minimum atomic E-state index is -2.00. The van der Waals surface area contributed by atoms with E-state index >= 15 is 0 Å². The molecule has 1 saturated heterocycles. The van der Waals surface area contributed by atoms with Crippen molar-refractivity contribution < 1.29 is 58.4 Å². The van der Waals surface area contributed by atoms with Crippen LogP contribution < -0.4 is 14.9 Å². The van der Waals surface area contributed by atoms with Crippen LogP contribution in [0.25, 0.3) is 10.8 Å². The van der Waals surface area contributed by atoms with Gasteiger partial charge in [0, 0.05) is 93.4 Å². The maximum atomic E-state index is 14.8. The van der Waals surface area contributed by atoms with Crippen LogP contribution in [-0.4, -0.2) is 119 Å². The number of rotatable bonds is 5. The maximum absolute atomic E-state index is 14.8. The highest BCUT2D eigenvalue weighted by atomic mass is 17.2. The number of ether oxygens (including phenoxy) is 4. The number of piperazine rings is 1. The van der Waals surface area contributed by atoms with Gasteiger partial charge in [-0.15, -0.1) is 0 Å². The van der Waals surface area contributed by atoms with Gasteiger partial charge < -0.3 is 44.5 Å². The number of benzene rings is 2. The number of ketones is 1. The number of hydrogen-bond acceptors (Lipinski definition) is 15. The summed E-state index contributed by atoms with van der Waals surface area (Å²) in [5.41, 5.74) is 0.205. The van der Waals surface area contributed by atoms with Gasteiger partial charge in [-0.3, -0.25) is 24.3 Å². The highest BCUT2D eigenvalue weighted by Crippen LogP contribution is 2.56. The fourth-order valence-electron chi connectivity index (χ4n) is 9.81. The van der Waals surface area contributed by atoms with Gasteiger partial charge in [-0.05, 0) is 32.8 Å². The third kappa shape index (κ3) is 8.74. The van der Waals surface area contributed by atoms with Gasteiger partial charge in [0.25, 0.3) is 11.7 Å². The molecule has 16 nitrogen and oxygen atoms in total. The standard InChI is InChI=1S/C47H62N4O12/c1-24-13-12-14-25(2)46(57)49-37-32(23-48-51-20-18-50(19-21-51)31-15-10-11-16-31)40(55)34-35-39(54)29(6)43-36(34)45(56)47(8,61-43)59-22-17-33(58-9)26(3)42(60-30(7)52)28(5)38(53)27(4)41(24)62-63-44(35)37/h12-14,17,22-24,26-28,31,33,38,41-42,53-55H,10-11,15-16,18-21H2,1-9H3,(H,49,57)/b13-12+,22-17+,25-14-,48-23+/t24-,26+,27-,28+,33-,38+,41-,42+,47-/m0/s1. The molecule has 2 aromatic rings. The third-order valence-corrected chi connectivity index (χ3v) is 13.7. The van der Waals surface area contributed by atoms with Crippen LogP contribution in [0.1, 0.15) is 95.6 Å². The summed E-state index contributed by atoms with van der Waals surface area (Å²) < 4.78 is 24.0. The maximum Gasteiger partial charge on any atom is 0.312 e. The molecule has 0 unspecified atom stereocenters. The van der Waals surface area contributed by atoms with Crippen molar-refractivity contribution in [3.8, 4) is 23.0 Å². The van der Waals surface area contributed by atoms with E-state index in [9.17, 15) is 29.7 Å². The van der Waals surface area contributed by atoms with Crippen molar-refractivity contribution in [2.45, 2.75) is 117 Å². The molecule has 0 radical (unpaired) electrons. The Balaban J connectivity index is 1.45. The first-order valence-corrected chi connectivity index (χ1v) is 22.0. The average molecular weight is 875 g/mol. The van der Waals surface area contributed by atoms with Crippen LogP contribution in [0.5, 0.6) is 23.0 Å². The van der Waals surface area contributed by atoms with E-state index in [0.29, 0.717) is 24.7 Å². The van der Waals surface area contributed by atoms with Gasteiger partial charge in [-0.2, -0.15) is 9.99 Å². The van der Waals surface area contributed by atoms with Crippen LogP contribution in [0, 0.1) is 30.6 Å². The summed E-state index contributed by atoms with van der Waals surface area (Å²) in [6, 6.07) is 0.560. The van der Waals surface area contributed by atoms with Crippen LogP contribution in [-0.2, 0) is 28.7 Å². The number of aliphatic hydroxyl groups is 1. The van der Waals surface area contributed by atoms with Gasteiger partial charge in [-0.1, -0.05) is 58.8 Å². The highest BCUT2D eigenvalue weighted by Gasteiger charge is 2.50. The monoisotopic (exact) mass is 874 g/mol. The number of anilines is 1. The molecule has 0 aromatic heterocycles. The Hall–Kier alpha value is -5.16. The lowest BCUT2D eigenvalue weighted by molar-refractivity contribution is -0.273. The lowest BCUT2D eigenvalue weighted by Crippen LogP contribution is -2.47. The summed E-state index contributed by atoms with van der Waals surface area (Å²) in [4.78, 5) is 56.5. The van der Waals surface area contributed by atoms with Gasteiger partial charge >= 0.3 is 11.8 Å². The fourth-order valence-corrected chi connectivity index (χ4v) is 9.81. The van der Waals surface area contributed by atoms with E-state index in [1.807, 2.05) is 24.9 Å². The second-order valence-corrected chi connectivity index (χ2v) is 17.9. The van der Waals surface area contributed by atoms with E-state index < -0.39 is 83.0 Å². The summed E-state index contributed by atoms with van der Waals surface area (Å²) in [6.07, 6.45) is 10.6. The van der Waals surface area contributed by atoms with E-state index in [2.05, 4.69) is 10.2 Å². The number of phenols is 2. The highest BCUT2D eigenvalue weighted by molar-refractivity contribution is 6.24. The number of allylic oxidation sites excluding steroid dienone is 2. The number of nitrogens with one attached hydrogen (secondary N) is 1. The van der Waals surface area contributed by atoms with E-state index in [4.69, 9.17) is 33.8 Å². The normalized spacial score (nSPS) is 32.9. The number of phenolic OH excluding ortho intramolecular Hbond substituents is 2. The summed E-state index contributed by atoms with van der Waals surface area (Å²) in [5, 5.41) is 46.1. The Morgan fingerprint density at radius 2 is 1.67 bits per heavy atom. The zero-order valence-corrected chi connectivity index (χ0v) is 37.7. The number of nitrogens with zero attached hydrogens (tertiary/aromatic N) is 3. The Kier molecular flexibility index (Phi) is 13.5. The van der Waals surface area contributed by atoms with Crippen LogP contribution >= 0.6 is 0 Å². The zero-order valence-electron chi connectivity index (χ0n) is 37.7. The molecular weight excluding hydrogens is 813 g/mol. The van der Waals surface area contributed by atoms with Gasteiger partial charge in [0.2, 0.25) is 5.75 Å². The quantitative estimate of drug-likeness (QED) is 0.149. The lowest BCUT2D eigenvalue weighted by Gasteiger charge is -2.38. The molecule has 1 aliphatic carbocycles. The lowest BCUT2D eigenvalue weighted by atomic mass is 9.78. The number of fused-ring (bicyclic) bond motifs is 3. The Bertz CT molecular complexity index is 2220. The van der Waals surface area contributed by atoms with Crippen LogP contribution in [0.15, 0.2) is 41.2 Å². The summed E-state index contributed by atoms with van der Waals surface area (Å²) >= 11 is 0. The molecule has 1 amide bonds. The number of aromatic hydroxyl groups is 2. The number of hydrogen-bond donors (Lipinski definition) is 4. The number of esters is 1. The molecule has 7 rings (SSSR count). The predicted molar refractivity (Wildman–Crippen MR) is 235 cm³/mol. The molecule has 9 atom stereocenters. The molecule has 2 aromatic carbocycles. The molecule has 63 heavy (non-hydrogen) atoms. The molecule has 1 saturated carbocycles. The molecule has 5 aliphatic rings. The number of hydrazone groups is 1. The number of methoxy groups -OCH3 is 1. The number of aliphatic hydroxyl groups excluding tert-OH is 1. The number of Topliss-reactive ketones (excluding diaryl/α,β-unsaturated/α-hetero) is 1. The zero-order chi connectivity index (χ0) is 45.5. The summed E-state index contributed by atoms with van der Waals surface area (Å²) in [6.45, 7) is 16.0. The summed E-state index contributed by atoms with van der Waals surface area (Å²) in [7, 11) is 1.48. The Labute approximate surface area is 368 Å². The second kappa shape index (κ2) is 18.5. The van der Waals surface area contributed by atoms with Crippen molar-refractivity contribution in [3.05, 3.63) is 52.8 Å². The fraction of sp³-hybridized carbons (Fsp3) is 0.574. The SMILES string of the molecule is CO[C@H]1/C=C/O[C@@]2(C)Oc3c(C)c(O)c4c5c(c(/C=N/N6CCN(C7CCCC7)CC6)c(O)c4c3C2=O)NC(=O)/C(C)=C\C=C\[C@H](C)[C@H](OO5)[C@@H](C)[C@@H](O)[C@@H](C)[C@H](OC(C)=O)[C@@H]1C. The van der Waals surface area contributed by atoms with Crippen LogP contribution in [0.3, 0.4) is 0 Å². The number of amides is 1. The van der Waals surface area contributed by atoms with Crippen molar-refractivity contribution in [1.82, 2.24) is 9.91 Å². The van der Waals surface area contributed by atoms with E-state index in [1.165, 1.54) is 59.1 Å². The van der Waals surface area contributed by atoms with Gasteiger partial charge in [0.05, 0.1) is 41.2 Å². The first kappa shape index (κ1) is 45.9. The molecule has 0 spiro atoms. The van der Waals surface area contributed by atoms with E-state index in [0.717, 1.165) is 13.1 Å². The molecule has 4 N–H and O–H groups in total. The van der Waals surface area contributed by atoms with Gasteiger partial charge in [-0.25, -0.2) is 0 Å². The van der Waals surface area contributed by atoms with Crippen molar-refractivity contribution in [3.63, 3.8) is 0 Å². The van der Waals surface area contributed by atoms with Crippen molar-refractivity contribution in [1.29, 1.82) is 0 Å². The molecular formula is C47H62N4O12. The van der Waals surface area contributed by atoms with Crippen LogP contribution in [0.2, 0.25) is 0 Å². The minimum Gasteiger partial charge on any atom is -0.507 e. The summed E-state index contributed by atoms with van der Waals surface area (Å²) in [5.74, 6) is -7.38. The second-order valence-electron chi connectivity index (χ2n) is 17.9. The largest absolute Gasteiger partial charge is 0.507 e. The van der Waals surface area contributed by atoms with E-state index in [1.54, 1.807) is 45.9 Å². The van der Waals surface area contributed by atoms with Crippen LogP contribution in [0.4, 0.5) is 5.69 Å². The van der Waals surface area contributed by atoms with Crippen molar-refractivity contribution in [2.75, 3.05) is 38.6 Å². The topological polar surface area (TPSA) is 198 Å². The predicted octanol–water partition coefficient (Wildman–Crippen LogP) is 6.27. The van der Waals surface area contributed by atoms with E-state index in [-0.39, 0.29) is 44.6 Å². The van der Waals surface area contributed by atoms with Gasteiger partial charge in [0.15, 0.2) is 0 Å².